The molecular weight excluding hydrogens is 937 g/mol. The van der Waals surface area contributed by atoms with Crippen LogP contribution >= 0.6 is 21.6 Å². The molecule has 4 bridgehead atoms. The van der Waals surface area contributed by atoms with Gasteiger partial charge in [0.1, 0.15) is 18.0 Å². The lowest BCUT2D eigenvalue weighted by atomic mass is 9.39. The number of fused-ring (bicyclic) bond motifs is 10. The number of aromatic amines is 1. The van der Waals surface area contributed by atoms with E-state index in [9.17, 15) is 30.6 Å². The van der Waals surface area contributed by atoms with Crippen LogP contribution in [-0.4, -0.2) is 108 Å². The van der Waals surface area contributed by atoms with E-state index >= 15 is 4.79 Å². The van der Waals surface area contributed by atoms with Gasteiger partial charge in [0.05, 0.1) is 35.4 Å². The highest BCUT2D eigenvalue weighted by Crippen LogP contribution is 2.81. The number of esters is 1. The maximum absolute atomic E-state index is 15.5. The minimum atomic E-state index is -2.59. The molecule has 71 heavy (non-hydrogen) atoms. The Balaban J connectivity index is 0.931. The van der Waals surface area contributed by atoms with E-state index in [0.717, 1.165) is 71.6 Å². The topological polar surface area (TPSA) is 194 Å². The van der Waals surface area contributed by atoms with Crippen molar-refractivity contribution in [3.05, 3.63) is 83.6 Å². The Kier molecular flexibility index (Phi) is 9.74. The molecule has 3 saturated heterocycles. The molecule has 4 aromatic carbocycles. The molecule has 14 heteroatoms. The molecule has 374 valence electrons. The second kappa shape index (κ2) is 15.4. The average molecular weight is 1000 g/mol. The lowest BCUT2D eigenvalue weighted by Crippen LogP contribution is -2.80. The summed E-state index contributed by atoms with van der Waals surface area (Å²) in [5.74, 6) is -1.10. The van der Waals surface area contributed by atoms with E-state index in [1.807, 2.05) is 71.1 Å². The number of rotatable bonds is 4. The molecule has 3 spiro atoms. The predicted octanol–water partition coefficient (Wildman–Crippen LogP) is 7.56. The number of hydrogen-bond acceptors (Lipinski definition) is 13. The summed E-state index contributed by atoms with van der Waals surface area (Å²) in [7, 11) is 5.76. The monoisotopic (exact) mass is 1000 g/mol. The van der Waals surface area contributed by atoms with E-state index in [4.69, 9.17) is 14.2 Å². The van der Waals surface area contributed by atoms with Crippen molar-refractivity contribution in [3.8, 4) is 11.5 Å². The standard InChI is InChI=1S/C57H64N2O10S2/c1-58-43-26-71-70-25-38-33-11-8-30-19-31-14-17-54(55(31,45(30)33)39-12-10-32(61)21-35(38)39)48(62)37(43)22-36-40-23-53(15-4-5-16-53)52(64)57(66)56(40,65)50(68-49(36)54)47(69-57)51(63)67-46-42(24-60)59-41-13-9-29-18-27-6-2-3-7-28(27)20-34(29)44(41)46/h2-3,6-7,9-10,12-13,18,20-21,30-31,33,36-38,40,43,45,47-50,52,58-62,64-66H,4-5,8,11,14-17,19,22-26H2,1H3. The lowest BCUT2D eigenvalue weighted by Gasteiger charge is -2.70. The Morgan fingerprint density at radius 2 is 1.69 bits per heavy atom. The highest BCUT2D eigenvalue weighted by atomic mass is 33.1. The fraction of sp³-hybridized carbons (Fsp3) is 0.596. The first-order chi connectivity index (χ1) is 34.4. The van der Waals surface area contributed by atoms with Crippen molar-refractivity contribution in [2.75, 3.05) is 18.6 Å². The zero-order chi connectivity index (χ0) is 48.1. The minimum absolute atomic E-state index is 0.0704. The van der Waals surface area contributed by atoms with Crippen LogP contribution in [0.2, 0.25) is 0 Å². The largest absolute Gasteiger partial charge is 0.508 e. The molecule has 0 amide bonds. The van der Waals surface area contributed by atoms with Gasteiger partial charge in [-0.2, -0.15) is 0 Å². The van der Waals surface area contributed by atoms with E-state index in [-0.39, 0.29) is 52.8 Å². The zero-order valence-corrected chi connectivity index (χ0v) is 41.6. The van der Waals surface area contributed by atoms with Crippen molar-refractivity contribution in [3.63, 3.8) is 0 Å². The minimum Gasteiger partial charge on any atom is -0.508 e. The van der Waals surface area contributed by atoms with Crippen molar-refractivity contribution in [2.45, 2.75) is 137 Å². The first-order valence-corrected chi connectivity index (χ1v) is 29.1. The number of hydrogen-bond donors (Lipinski definition) is 8. The molecule has 12 nitrogen and oxygen atoms in total. The molecule has 8 N–H and O–H groups in total. The fourth-order valence-electron chi connectivity index (χ4n) is 19.6. The van der Waals surface area contributed by atoms with Gasteiger partial charge in [-0.05, 0) is 163 Å². The molecular formula is C57H64N2O10S2. The fourth-order valence-corrected chi connectivity index (χ4v) is 22.4. The number of H-pyrrole nitrogens is 1. The molecule has 6 saturated carbocycles. The summed E-state index contributed by atoms with van der Waals surface area (Å²) in [5, 5.41) is 84.4. The van der Waals surface area contributed by atoms with Crippen LogP contribution < -0.4 is 10.1 Å². The predicted molar refractivity (Wildman–Crippen MR) is 271 cm³/mol. The van der Waals surface area contributed by atoms with Gasteiger partial charge in [0.2, 0.25) is 5.79 Å². The molecule has 5 aromatic rings. The number of benzene rings is 4. The third kappa shape index (κ3) is 5.41. The maximum atomic E-state index is 15.5. The summed E-state index contributed by atoms with van der Waals surface area (Å²) >= 11 is 0. The molecule has 4 aliphatic heterocycles. The van der Waals surface area contributed by atoms with Crippen molar-refractivity contribution in [1.29, 1.82) is 0 Å². The molecule has 5 heterocycles. The van der Waals surface area contributed by atoms with Gasteiger partial charge in [-0.3, -0.25) is 0 Å². The summed E-state index contributed by atoms with van der Waals surface area (Å²) in [4.78, 5) is 18.8. The van der Waals surface area contributed by atoms with E-state index in [1.54, 1.807) is 0 Å². The Bertz CT molecular complexity index is 3050. The Hall–Kier alpha value is -3.41. The molecule has 0 radical (unpaired) electrons. The lowest BCUT2D eigenvalue weighted by molar-refractivity contribution is -0.392. The second-order valence-corrected chi connectivity index (χ2v) is 26.6. The molecule has 16 rings (SSSR count). The number of carbonyl (C=O) groups is 1. The number of aliphatic hydroxyl groups is 5. The van der Waals surface area contributed by atoms with Crippen molar-refractivity contribution in [2.24, 2.45) is 52.3 Å². The smallest absolute Gasteiger partial charge is 0.343 e. The zero-order valence-electron chi connectivity index (χ0n) is 40.0. The Morgan fingerprint density at radius 1 is 0.887 bits per heavy atom. The molecule has 7 aliphatic carbocycles. The van der Waals surface area contributed by atoms with Crippen molar-refractivity contribution < 1.29 is 49.6 Å². The number of aromatic hydroxyl groups is 1. The number of phenols is 1. The van der Waals surface area contributed by atoms with Crippen LogP contribution in [0.5, 0.6) is 11.5 Å². The average Bonchev–Trinajstić information content (AvgIpc) is 4.24. The number of phenolic OH excluding ortho intramolecular Hbond substituents is 1. The number of nitrogens with one attached hydrogen (secondary N) is 2. The quantitative estimate of drug-likeness (QED) is 0.0500. The summed E-state index contributed by atoms with van der Waals surface area (Å²) < 4.78 is 21.0. The molecule has 1 aromatic heterocycles. The van der Waals surface area contributed by atoms with Crippen LogP contribution in [0, 0.1) is 52.3 Å². The molecule has 18 atom stereocenters. The van der Waals surface area contributed by atoms with E-state index in [0.29, 0.717) is 54.8 Å². The van der Waals surface area contributed by atoms with Crippen LogP contribution in [0.25, 0.3) is 32.4 Å². The molecule has 9 fully saturated rings. The number of aliphatic hydroxyl groups excluding tert-OH is 3. The van der Waals surface area contributed by atoms with Gasteiger partial charge < -0.3 is 55.2 Å². The number of carbonyl (C=O) groups excluding carboxylic acids is 1. The van der Waals surface area contributed by atoms with Crippen molar-refractivity contribution >= 4 is 60.0 Å². The molecule has 11 aliphatic rings. The van der Waals surface area contributed by atoms with E-state index in [1.165, 1.54) is 11.1 Å². The first kappa shape index (κ1) is 45.0. The summed E-state index contributed by atoms with van der Waals surface area (Å²) in [6.45, 7) is -0.461. The summed E-state index contributed by atoms with van der Waals surface area (Å²) in [5.41, 5.74) is -1.05. The number of aromatic nitrogens is 1. The highest BCUT2D eigenvalue weighted by Gasteiger charge is 2.86. The maximum Gasteiger partial charge on any atom is 0.343 e. The summed E-state index contributed by atoms with van der Waals surface area (Å²) in [6, 6.07) is 22.1. The SMILES string of the molecule is CNC1CSSCC2c3cc(O)ccc3C34C(CCC35C(O)C1CC1C3CC6(CCCC6)C(O)C6(O)OC(C(=O)Oc7c(CO)[nH]c8ccc9cc%10ccccc%10cc9c78)C(OC15)C36O)CC1CCC2C14. The Morgan fingerprint density at radius 3 is 2.49 bits per heavy atom. The normalized spacial score (nSPS) is 44.4. The third-order valence-corrected chi connectivity index (χ3v) is 24.4. The van der Waals surface area contributed by atoms with Crippen molar-refractivity contribution in [1.82, 2.24) is 10.3 Å². The third-order valence-electron chi connectivity index (χ3n) is 21.9. The Labute approximate surface area is 420 Å². The van der Waals surface area contributed by atoms with Gasteiger partial charge in [0, 0.05) is 45.6 Å². The highest BCUT2D eigenvalue weighted by molar-refractivity contribution is 8.76. The van der Waals surface area contributed by atoms with Crippen LogP contribution in [0.4, 0.5) is 0 Å². The number of ether oxygens (including phenoxy) is 3. The first-order valence-electron chi connectivity index (χ1n) is 26.6. The van der Waals surface area contributed by atoms with Gasteiger partial charge in [-0.1, -0.05) is 70.8 Å². The van der Waals surface area contributed by atoms with Gasteiger partial charge in [-0.15, -0.1) is 0 Å². The van der Waals surface area contributed by atoms with Crippen LogP contribution in [-0.2, 0) is 26.3 Å². The van der Waals surface area contributed by atoms with Crippen LogP contribution in [0.15, 0.2) is 66.7 Å². The van der Waals surface area contributed by atoms with Gasteiger partial charge in [0.25, 0.3) is 0 Å². The summed E-state index contributed by atoms with van der Waals surface area (Å²) in [6.07, 6.45) is 2.62. The van der Waals surface area contributed by atoms with Gasteiger partial charge in [0.15, 0.2) is 17.5 Å². The van der Waals surface area contributed by atoms with E-state index in [2.05, 4.69) is 34.6 Å². The van der Waals surface area contributed by atoms with Gasteiger partial charge in [-0.25, -0.2) is 4.79 Å². The van der Waals surface area contributed by atoms with Gasteiger partial charge >= 0.3 is 5.97 Å². The van der Waals surface area contributed by atoms with E-state index < -0.39 is 76.6 Å². The molecule has 18 unspecified atom stereocenters. The van der Waals surface area contributed by atoms with Crippen LogP contribution in [0.3, 0.4) is 0 Å². The second-order valence-electron chi connectivity index (χ2n) is 24.0. The van der Waals surface area contributed by atoms with Crippen LogP contribution in [0.1, 0.15) is 93.4 Å².